The number of benzene rings is 1. The summed E-state index contributed by atoms with van der Waals surface area (Å²) in [4.78, 5) is 11.2. The summed E-state index contributed by atoms with van der Waals surface area (Å²) >= 11 is 0. The van der Waals surface area contributed by atoms with Crippen LogP contribution >= 0.6 is 0 Å². The highest BCUT2D eigenvalue weighted by molar-refractivity contribution is 5.85. The van der Waals surface area contributed by atoms with E-state index in [0.29, 0.717) is 11.1 Å². The Bertz CT molecular complexity index is 699. The van der Waals surface area contributed by atoms with Crippen molar-refractivity contribution >= 4 is 16.9 Å². The van der Waals surface area contributed by atoms with Crippen molar-refractivity contribution in [2.24, 2.45) is 12.5 Å². The number of hydrogen-bond donors (Lipinski definition) is 1. The summed E-state index contributed by atoms with van der Waals surface area (Å²) in [5, 5.41) is 9.62. The van der Waals surface area contributed by atoms with Crippen molar-refractivity contribution in [3.63, 3.8) is 0 Å². The zero-order chi connectivity index (χ0) is 16.0. The van der Waals surface area contributed by atoms with Crippen LogP contribution < -0.4 is 0 Å². The third-order valence-corrected chi connectivity index (χ3v) is 3.66. The van der Waals surface area contributed by atoms with Crippen molar-refractivity contribution in [1.29, 1.82) is 0 Å². The third kappa shape index (κ3) is 2.75. The lowest BCUT2D eigenvalue weighted by molar-refractivity contribution is -0.147. The fourth-order valence-electron chi connectivity index (χ4n) is 2.40. The van der Waals surface area contributed by atoms with Gasteiger partial charge in [-0.1, -0.05) is 12.1 Å². The van der Waals surface area contributed by atoms with Crippen molar-refractivity contribution in [2.75, 3.05) is 0 Å². The minimum Gasteiger partial charge on any atom is -0.481 e. The maximum absolute atomic E-state index is 13.1. The minimum atomic E-state index is -4.44. The molecule has 1 N–H and O–H groups in total. The topological polar surface area (TPSA) is 42.2 Å². The van der Waals surface area contributed by atoms with E-state index < -0.39 is 23.1 Å². The molecule has 6 heteroatoms. The third-order valence-electron chi connectivity index (χ3n) is 3.66. The largest absolute Gasteiger partial charge is 0.481 e. The van der Waals surface area contributed by atoms with Gasteiger partial charge in [0, 0.05) is 24.5 Å². The second kappa shape index (κ2) is 4.79. The van der Waals surface area contributed by atoms with E-state index in [0.717, 1.165) is 6.07 Å². The van der Waals surface area contributed by atoms with Crippen LogP contribution in [0.3, 0.4) is 0 Å². The fraction of sp³-hybridized carbons (Fsp3) is 0.400. The van der Waals surface area contributed by atoms with Crippen molar-refractivity contribution in [3.05, 3.63) is 35.5 Å². The summed E-state index contributed by atoms with van der Waals surface area (Å²) in [5.41, 5.74) is -1.10. The number of carboxylic acid groups (broad SMARTS) is 1. The molecule has 2 rings (SSSR count). The fourth-order valence-corrected chi connectivity index (χ4v) is 2.40. The highest BCUT2D eigenvalue weighted by Gasteiger charge is 2.35. The molecule has 0 amide bonds. The van der Waals surface area contributed by atoms with Crippen LogP contribution in [0.5, 0.6) is 0 Å². The SMILES string of the molecule is Cn1c(CC(C)(C)C(=O)O)cc2cccc(C(F)(F)F)c21. The number of halogens is 3. The monoisotopic (exact) mass is 299 g/mol. The molecule has 0 aliphatic heterocycles. The summed E-state index contributed by atoms with van der Waals surface area (Å²) in [5.74, 6) is -0.983. The maximum atomic E-state index is 13.1. The van der Waals surface area contributed by atoms with Gasteiger partial charge in [-0.15, -0.1) is 0 Å². The highest BCUT2D eigenvalue weighted by Crippen LogP contribution is 2.36. The number of aliphatic carboxylic acids is 1. The van der Waals surface area contributed by atoms with Crippen LogP contribution in [0.15, 0.2) is 24.3 Å². The van der Waals surface area contributed by atoms with Gasteiger partial charge in [-0.25, -0.2) is 0 Å². The second-order valence-corrected chi connectivity index (χ2v) is 5.80. The summed E-state index contributed by atoms with van der Waals surface area (Å²) < 4.78 is 40.6. The molecular weight excluding hydrogens is 283 g/mol. The number of hydrogen-bond acceptors (Lipinski definition) is 1. The first kappa shape index (κ1) is 15.4. The van der Waals surface area contributed by atoms with Gasteiger partial charge in [0.1, 0.15) is 0 Å². The molecule has 0 saturated heterocycles. The van der Waals surface area contributed by atoms with Crippen molar-refractivity contribution in [1.82, 2.24) is 4.57 Å². The number of nitrogens with zero attached hydrogens (tertiary/aromatic N) is 1. The lowest BCUT2D eigenvalue weighted by Crippen LogP contribution is -2.27. The van der Waals surface area contributed by atoms with E-state index in [2.05, 4.69) is 0 Å². The molecular formula is C15H16F3NO2. The molecule has 0 radical (unpaired) electrons. The molecule has 1 aromatic carbocycles. The first-order valence-electron chi connectivity index (χ1n) is 6.42. The molecule has 1 aromatic heterocycles. The molecule has 3 nitrogen and oxygen atoms in total. The van der Waals surface area contributed by atoms with Crippen LogP contribution in [0.25, 0.3) is 10.9 Å². The quantitative estimate of drug-likeness (QED) is 0.935. The summed E-state index contributed by atoms with van der Waals surface area (Å²) in [7, 11) is 1.53. The Labute approximate surface area is 120 Å². The Morgan fingerprint density at radius 3 is 2.43 bits per heavy atom. The summed E-state index contributed by atoms with van der Waals surface area (Å²) in [6.07, 6.45) is -4.28. The van der Waals surface area contributed by atoms with Gasteiger partial charge in [-0.05, 0) is 26.0 Å². The van der Waals surface area contributed by atoms with Gasteiger partial charge in [0.2, 0.25) is 0 Å². The lowest BCUT2D eigenvalue weighted by Gasteiger charge is -2.19. The van der Waals surface area contributed by atoms with E-state index in [1.165, 1.54) is 17.7 Å². The van der Waals surface area contributed by atoms with Crippen LogP contribution in [0, 0.1) is 5.41 Å². The molecule has 1 heterocycles. The number of aromatic nitrogens is 1. The van der Waals surface area contributed by atoms with Crippen LogP contribution in [0.4, 0.5) is 13.2 Å². The zero-order valence-corrected chi connectivity index (χ0v) is 12.0. The van der Waals surface area contributed by atoms with Crippen molar-refractivity contribution < 1.29 is 23.1 Å². The summed E-state index contributed by atoms with van der Waals surface area (Å²) in [6, 6.07) is 5.61. The smallest absolute Gasteiger partial charge is 0.418 e. The average molecular weight is 299 g/mol. The standard InChI is InChI=1S/C15H16F3NO2/c1-14(2,13(20)21)8-10-7-9-5-4-6-11(15(16,17)18)12(9)19(10)3/h4-7H,8H2,1-3H3,(H,20,21). The number of alkyl halides is 3. The number of rotatable bonds is 3. The van der Waals surface area contributed by atoms with E-state index in [4.69, 9.17) is 5.11 Å². The Balaban J connectivity index is 2.60. The van der Waals surface area contributed by atoms with Gasteiger partial charge in [0.15, 0.2) is 0 Å². The van der Waals surface area contributed by atoms with Crippen LogP contribution in [-0.4, -0.2) is 15.6 Å². The summed E-state index contributed by atoms with van der Waals surface area (Å²) in [6.45, 7) is 3.11. The van der Waals surface area contributed by atoms with Crippen LogP contribution in [0.1, 0.15) is 25.1 Å². The molecule has 0 atom stereocenters. The molecule has 114 valence electrons. The molecule has 0 fully saturated rings. The Morgan fingerprint density at radius 2 is 1.90 bits per heavy atom. The normalized spacial score (nSPS) is 12.9. The van der Waals surface area contributed by atoms with Gasteiger partial charge < -0.3 is 9.67 Å². The molecule has 0 spiro atoms. The molecule has 0 saturated carbocycles. The maximum Gasteiger partial charge on any atom is 0.418 e. The zero-order valence-electron chi connectivity index (χ0n) is 12.0. The van der Waals surface area contributed by atoms with E-state index in [-0.39, 0.29) is 11.9 Å². The number of fused-ring (bicyclic) bond motifs is 1. The molecule has 2 aromatic rings. The molecule has 0 unspecified atom stereocenters. The lowest BCUT2D eigenvalue weighted by atomic mass is 9.88. The highest BCUT2D eigenvalue weighted by atomic mass is 19.4. The molecule has 21 heavy (non-hydrogen) atoms. The first-order valence-corrected chi connectivity index (χ1v) is 6.42. The van der Waals surface area contributed by atoms with Crippen molar-refractivity contribution in [3.8, 4) is 0 Å². The van der Waals surface area contributed by atoms with Crippen molar-refractivity contribution in [2.45, 2.75) is 26.4 Å². The number of para-hydroxylation sites is 1. The van der Waals surface area contributed by atoms with Gasteiger partial charge >= 0.3 is 12.1 Å². The van der Waals surface area contributed by atoms with Gasteiger partial charge in [0.05, 0.1) is 16.5 Å². The predicted octanol–water partition coefficient (Wildman–Crippen LogP) is 3.85. The van der Waals surface area contributed by atoms with E-state index in [1.54, 1.807) is 26.0 Å². The second-order valence-electron chi connectivity index (χ2n) is 5.80. The number of aryl methyl sites for hydroxylation is 1. The van der Waals surface area contributed by atoms with Gasteiger partial charge in [-0.2, -0.15) is 13.2 Å². The van der Waals surface area contributed by atoms with Gasteiger partial charge in [-0.3, -0.25) is 4.79 Å². The molecule has 0 bridgehead atoms. The number of carboxylic acids is 1. The Morgan fingerprint density at radius 1 is 1.29 bits per heavy atom. The Kier molecular flexibility index (Phi) is 3.51. The van der Waals surface area contributed by atoms with E-state index >= 15 is 0 Å². The van der Waals surface area contributed by atoms with E-state index in [9.17, 15) is 18.0 Å². The van der Waals surface area contributed by atoms with Gasteiger partial charge in [0.25, 0.3) is 0 Å². The number of carbonyl (C=O) groups is 1. The predicted molar refractivity (Wildman–Crippen MR) is 73.0 cm³/mol. The van der Waals surface area contributed by atoms with Crippen LogP contribution in [0.2, 0.25) is 0 Å². The average Bonchev–Trinajstić information content (AvgIpc) is 2.64. The van der Waals surface area contributed by atoms with Crippen LogP contribution in [-0.2, 0) is 24.4 Å². The minimum absolute atomic E-state index is 0.0844. The molecule has 0 aliphatic carbocycles. The molecule has 0 aliphatic rings. The van der Waals surface area contributed by atoms with E-state index in [1.807, 2.05) is 0 Å². The Hall–Kier alpha value is -1.98. The first-order chi connectivity index (χ1) is 9.54.